The highest BCUT2D eigenvalue weighted by atomic mass is 16.2. The molecule has 17 heteroatoms. The summed E-state index contributed by atoms with van der Waals surface area (Å²) in [7, 11) is 0. The maximum Gasteiger partial charge on any atom is 0.312 e. The first-order valence-corrected chi connectivity index (χ1v) is 23.1. The van der Waals surface area contributed by atoms with Gasteiger partial charge < -0.3 is 46.8 Å². The van der Waals surface area contributed by atoms with Gasteiger partial charge in [-0.2, -0.15) is 0 Å². The molecule has 6 amide bonds. The molecule has 1 aliphatic carbocycles. The second-order valence-corrected chi connectivity index (χ2v) is 17.0. The van der Waals surface area contributed by atoms with Crippen molar-refractivity contribution in [2.45, 2.75) is 90.5 Å². The summed E-state index contributed by atoms with van der Waals surface area (Å²) in [5.41, 5.74) is 17.6. The number of Topliss-reactive ketones (excluding diaryl/α,β-unsaturated/α-hetero) is 2. The second-order valence-electron chi connectivity index (χ2n) is 17.0. The Morgan fingerprint density at radius 1 is 0.803 bits per heavy atom. The lowest BCUT2D eigenvalue weighted by molar-refractivity contribution is -0.142. The van der Waals surface area contributed by atoms with E-state index in [0.29, 0.717) is 44.3 Å². The number of benzene rings is 2. The fourth-order valence-corrected chi connectivity index (χ4v) is 8.30. The van der Waals surface area contributed by atoms with Gasteiger partial charge in [-0.25, -0.2) is 9.78 Å². The largest absolute Gasteiger partial charge is 0.361 e. The number of H-pyrrole nitrogens is 2. The maximum absolute atomic E-state index is 14.1. The van der Waals surface area contributed by atoms with Crippen LogP contribution in [-0.2, 0) is 48.0 Å². The van der Waals surface area contributed by atoms with E-state index in [0.717, 1.165) is 46.9 Å². The van der Waals surface area contributed by atoms with Crippen LogP contribution in [0.4, 0.5) is 4.79 Å². The number of aromatic amines is 2. The third-order valence-electron chi connectivity index (χ3n) is 11.9. The van der Waals surface area contributed by atoms with Gasteiger partial charge in [0.05, 0.1) is 38.5 Å². The number of allylic oxidation sites excluding steroid dienone is 1. The Kier molecular flexibility index (Phi) is 19.7. The first-order chi connectivity index (χ1) is 31.9. The molecule has 8 N–H and O–H groups in total. The molecule has 0 radical (unpaired) electrons. The number of para-hydroxylation sites is 1. The summed E-state index contributed by atoms with van der Waals surface area (Å²) in [6.45, 7) is 3.71. The van der Waals surface area contributed by atoms with Crippen LogP contribution in [0.1, 0.15) is 87.6 Å². The van der Waals surface area contributed by atoms with Gasteiger partial charge in [0, 0.05) is 80.3 Å². The summed E-state index contributed by atoms with van der Waals surface area (Å²) in [6.07, 6.45) is 11.7. The molecule has 0 saturated carbocycles. The third-order valence-corrected chi connectivity index (χ3v) is 11.9. The molecular weight excluding hydrogens is 841 g/mol. The lowest BCUT2D eigenvalue weighted by Crippen LogP contribution is -2.49. The number of nitrogens with one attached hydrogen (secondary N) is 4. The van der Waals surface area contributed by atoms with Gasteiger partial charge in [-0.3, -0.25) is 28.8 Å². The van der Waals surface area contributed by atoms with Gasteiger partial charge >= 0.3 is 6.03 Å². The molecule has 66 heavy (non-hydrogen) atoms. The van der Waals surface area contributed by atoms with Gasteiger partial charge in [0.25, 0.3) is 0 Å². The van der Waals surface area contributed by atoms with Gasteiger partial charge in [-0.1, -0.05) is 68.8 Å². The number of rotatable bonds is 29. The number of imidazole rings is 1. The van der Waals surface area contributed by atoms with E-state index in [2.05, 4.69) is 37.7 Å². The minimum Gasteiger partial charge on any atom is -0.361 e. The molecule has 2 heterocycles. The zero-order valence-corrected chi connectivity index (χ0v) is 38.3. The van der Waals surface area contributed by atoms with E-state index in [-0.39, 0.29) is 70.2 Å². The number of ketones is 2. The number of carbonyl (C=O) groups is 7. The number of unbranched alkanes of at least 4 members (excludes halogenated alkanes) is 1. The summed E-state index contributed by atoms with van der Waals surface area (Å²) < 4.78 is 0. The van der Waals surface area contributed by atoms with E-state index in [1.54, 1.807) is 6.20 Å². The lowest BCUT2D eigenvalue weighted by Gasteiger charge is -2.28. The van der Waals surface area contributed by atoms with E-state index < -0.39 is 48.0 Å². The van der Waals surface area contributed by atoms with Crippen molar-refractivity contribution in [3.05, 3.63) is 95.7 Å². The summed E-state index contributed by atoms with van der Waals surface area (Å²) in [4.78, 5) is 108. The molecule has 354 valence electrons. The van der Waals surface area contributed by atoms with E-state index in [1.807, 2.05) is 62.5 Å². The van der Waals surface area contributed by atoms with E-state index in [9.17, 15) is 33.6 Å². The maximum atomic E-state index is 14.1. The summed E-state index contributed by atoms with van der Waals surface area (Å²) >= 11 is 0. The topological polar surface area (TPSA) is 250 Å². The van der Waals surface area contributed by atoms with Crippen LogP contribution in [0, 0.1) is 5.92 Å². The first-order valence-electron chi connectivity index (χ1n) is 23.1. The number of urea groups is 1. The van der Waals surface area contributed by atoms with Gasteiger partial charge in [-0.15, -0.1) is 0 Å². The molecule has 2 atom stereocenters. The Hall–Kier alpha value is -6.62. The van der Waals surface area contributed by atoms with Crippen molar-refractivity contribution in [1.29, 1.82) is 0 Å². The molecule has 17 nitrogen and oxygen atoms in total. The van der Waals surface area contributed by atoms with E-state index in [4.69, 9.17) is 11.5 Å². The van der Waals surface area contributed by atoms with Crippen molar-refractivity contribution in [2.24, 2.45) is 17.4 Å². The van der Waals surface area contributed by atoms with Crippen LogP contribution >= 0.6 is 0 Å². The average molecular weight is 907 g/mol. The van der Waals surface area contributed by atoms with Crippen molar-refractivity contribution >= 4 is 57.7 Å². The van der Waals surface area contributed by atoms with Gasteiger partial charge in [-0.05, 0) is 73.3 Å². The monoisotopic (exact) mass is 907 g/mol. The summed E-state index contributed by atoms with van der Waals surface area (Å²) in [6, 6.07) is 14.1. The van der Waals surface area contributed by atoms with Crippen LogP contribution in [0.15, 0.2) is 73.3 Å². The number of carbonyl (C=O) groups excluding carboxylic acids is 7. The standard InChI is InChI=1S/C49H66N10O7/c1-3-5-13-39(60)30-57(22-4-2)46(63)32-58(23-19-35-18-17-34-11-6-7-14-41(34)35)45(62)29-55-47(64)36(12-10-21-53-49(51)66)25-40(61)31-59(48(65)43(50)26-38-28-52-33-56-38)24-20-37-27-54-44-16-9-8-15-42(37)44/h6-9,11,14-16,18,27-28,33,36,43,54H,3-5,10,12-13,17,19-26,29-32,50H2,1-2H3,(H,52,56)(H,55,64)(H3,51,53,66)/t36?,43-/m0/s1. The molecule has 1 unspecified atom stereocenters. The number of nitrogens with two attached hydrogens (primary N) is 2. The van der Waals surface area contributed by atoms with Crippen molar-refractivity contribution < 1.29 is 33.6 Å². The number of hydrogen-bond acceptors (Lipinski definition) is 9. The first kappa shape index (κ1) is 50.4. The van der Waals surface area contributed by atoms with Crippen molar-refractivity contribution in [3.63, 3.8) is 0 Å². The molecule has 4 aromatic rings. The predicted molar refractivity (Wildman–Crippen MR) is 253 cm³/mol. The number of primary amides is 1. The highest BCUT2D eigenvalue weighted by molar-refractivity contribution is 5.94. The quantitative estimate of drug-likeness (QED) is 0.0433. The van der Waals surface area contributed by atoms with E-state index >= 15 is 0 Å². The highest BCUT2D eigenvalue weighted by Gasteiger charge is 2.29. The van der Waals surface area contributed by atoms with Gasteiger partial charge in [0.15, 0.2) is 11.6 Å². The number of hydrogen-bond donors (Lipinski definition) is 6. The number of nitrogens with zero attached hydrogens (tertiary/aromatic N) is 4. The Morgan fingerprint density at radius 3 is 2.30 bits per heavy atom. The Balaban J connectivity index is 1.29. The normalized spacial score (nSPS) is 12.7. The molecular formula is C49H66N10O7. The van der Waals surface area contributed by atoms with Crippen LogP contribution in [0.3, 0.4) is 0 Å². The van der Waals surface area contributed by atoms with Gasteiger partial charge in [0.2, 0.25) is 23.6 Å². The molecule has 2 aromatic heterocycles. The number of amides is 6. The van der Waals surface area contributed by atoms with Crippen LogP contribution < -0.4 is 22.1 Å². The van der Waals surface area contributed by atoms with Crippen molar-refractivity contribution in [2.75, 3.05) is 52.4 Å². The van der Waals surface area contributed by atoms with Crippen molar-refractivity contribution in [3.8, 4) is 0 Å². The Labute approximate surface area is 386 Å². The zero-order valence-electron chi connectivity index (χ0n) is 38.3. The van der Waals surface area contributed by atoms with Crippen LogP contribution in [0.5, 0.6) is 0 Å². The Bertz CT molecular complexity index is 2310. The van der Waals surface area contributed by atoms with Crippen LogP contribution in [0.2, 0.25) is 0 Å². The molecule has 0 aliphatic heterocycles. The fourth-order valence-electron chi connectivity index (χ4n) is 8.30. The average Bonchev–Trinajstić information content (AvgIpc) is 4.08. The smallest absolute Gasteiger partial charge is 0.312 e. The minimum atomic E-state index is -0.976. The van der Waals surface area contributed by atoms with Gasteiger partial charge in [0.1, 0.15) is 0 Å². The highest BCUT2D eigenvalue weighted by Crippen LogP contribution is 2.29. The number of fused-ring (bicyclic) bond motifs is 2. The zero-order chi connectivity index (χ0) is 47.4. The molecule has 0 fully saturated rings. The molecule has 2 aromatic carbocycles. The molecule has 0 saturated heterocycles. The van der Waals surface area contributed by atoms with Crippen molar-refractivity contribution in [1.82, 2.24) is 40.3 Å². The second kappa shape index (κ2) is 25.8. The molecule has 0 spiro atoms. The van der Waals surface area contributed by atoms with E-state index in [1.165, 1.54) is 26.6 Å². The predicted octanol–water partition coefficient (Wildman–Crippen LogP) is 3.83. The lowest BCUT2D eigenvalue weighted by atomic mass is 9.95. The fraction of sp³-hybridized carbons (Fsp3) is 0.469. The van der Waals surface area contributed by atoms with Crippen LogP contribution in [-0.4, -0.2) is 129 Å². The summed E-state index contributed by atoms with van der Waals surface area (Å²) in [5, 5.41) is 6.22. The molecule has 5 rings (SSSR count). The molecule has 0 bridgehead atoms. The minimum absolute atomic E-state index is 0.0352. The number of aromatic nitrogens is 3. The summed E-state index contributed by atoms with van der Waals surface area (Å²) in [5.74, 6) is -3.25. The molecule has 1 aliphatic rings. The Morgan fingerprint density at radius 2 is 1.55 bits per heavy atom. The van der Waals surface area contributed by atoms with Crippen LogP contribution in [0.25, 0.3) is 16.5 Å². The third kappa shape index (κ3) is 15.2. The SMILES string of the molecule is CCCCC(=O)CN(CCC)C(=O)CN(CCC1=CCc2ccccc21)C(=O)CNC(=O)C(CCCNC(N)=O)CC(=O)CN(CCc1c[nH]c2ccccc12)C(=O)[C@@H](N)Cc1cnc[nH]1.